The highest BCUT2D eigenvalue weighted by Gasteiger charge is 2.33. The van der Waals surface area contributed by atoms with E-state index in [2.05, 4.69) is 24.3 Å². The zero-order valence-corrected chi connectivity index (χ0v) is 17.2. The van der Waals surface area contributed by atoms with Crippen LogP contribution in [0, 0.1) is 0 Å². The molecular formula is C24H32O5. The van der Waals surface area contributed by atoms with E-state index in [1.807, 2.05) is 24.3 Å². The number of epoxide rings is 1. The lowest BCUT2D eigenvalue weighted by Gasteiger charge is -2.36. The Labute approximate surface area is 173 Å². The molecule has 0 radical (unpaired) electrons. The van der Waals surface area contributed by atoms with Crippen LogP contribution in [0.4, 0.5) is 0 Å². The molecule has 1 aliphatic heterocycles. The first kappa shape index (κ1) is 21.6. The molecule has 0 aliphatic carbocycles. The minimum absolute atomic E-state index is 0.110. The highest BCUT2D eigenvalue weighted by Crippen LogP contribution is 2.43. The molecule has 0 aromatic heterocycles. The molecule has 1 heterocycles. The quantitative estimate of drug-likeness (QED) is 0.392. The maximum absolute atomic E-state index is 9.33. The predicted octanol–water partition coefficient (Wildman–Crippen LogP) is 4.04. The van der Waals surface area contributed by atoms with E-state index in [-0.39, 0.29) is 24.9 Å². The van der Waals surface area contributed by atoms with E-state index in [9.17, 15) is 10.2 Å². The first-order valence-electron chi connectivity index (χ1n) is 10.5. The highest BCUT2D eigenvalue weighted by atomic mass is 16.8. The summed E-state index contributed by atoms with van der Waals surface area (Å²) in [6.07, 6.45) is 5.15. The van der Waals surface area contributed by atoms with E-state index < -0.39 is 0 Å². The van der Waals surface area contributed by atoms with Gasteiger partial charge >= 0.3 is 0 Å². The van der Waals surface area contributed by atoms with Crippen LogP contribution in [0.2, 0.25) is 0 Å². The second-order valence-electron chi connectivity index (χ2n) is 7.58. The zero-order valence-electron chi connectivity index (χ0n) is 17.2. The van der Waals surface area contributed by atoms with Gasteiger partial charge in [-0.2, -0.15) is 0 Å². The molecule has 2 N–H and O–H groups in total. The first-order chi connectivity index (χ1) is 14.2. The van der Waals surface area contributed by atoms with E-state index in [1.165, 1.54) is 11.1 Å². The summed E-state index contributed by atoms with van der Waals surface area (Å²) in [5, 5.41) is 18.7. The molecule has 3 rings (SSSR count). The van der Waals surface area contributed by atoms with Gasteiger partial charge in [-0.05, 0) is 73.9 Å². The van der Waals surface area contributed by atoms with Crippen molar-refractivity contribution in [1.29, 1.82) is 0 Å². The molecule has 1 unspecified atom stereocenters. The Morgan fingerprint density at radius 1 is 0.828 bits per heavy atom. The van der Waals surface area contributed by atoms with E-state index in [0.717, 1.165) is 50.0 Å². The fraction of sp³-hybridized carbons (Fsp3) is 0.500. The van der Waals surface area contributed by atoms with Gasteiger partial charge in [0, 0.05) is 18.6 Å². The Morgan fingerprint density at radius 2 is 1.31 bits per heavy atom. The van der Waals surface area contributed by atoms with Crippen LogP contribution in [-0.4, -0.2) is 43.4 Å². The van der Waals surface area contributed by atoms with Gasteiger partial charge in [-0.25, -0.2) is 0 Å². The largest absolute Gasteiger partial charge is 0.497 e. The molecule has 5 nitrogen and oxygen atoms in total. The van der Waals surface area contributed by atoms with Gasteiger partial charge in [0.2, 0.25) is 6.29 Å². The van der Waals surface area contributed by atoms with Crippen LogP contribution in [-0.2, 0) is 10.2 Å². The van der Waals surface area contributed by atoms with E-state index in [1.54, 1.807) is 7.11 Å². The third-order valence-electron chi connectivity index (χ3n) is 5.64. The topological polar surface area (TPSA) is 71.5 Å². The lowest BCUT2D eigenvalue weighted by molar-refractivity contribution is 0.179. The van der Waals surface area contributed by atoms with Crippen molar-refractivity contribution in [3.05, 3.63) is 59.7 Å². The van der Waals surface area contributed by atoms with Gasteiger partial charge in [0.1, 0.15) is 18.1 Å². The van der Waals surface area contributed by atoms with E-state index >= 15 is 0 Å². The molecule has 1 fully saturated rings. The maximum atomic E-state index is 9.33. The van der Waals surface area contributed by atoms with Crippen molar-refractivity contribution in [2.24, 2.45) is 0 Å². The summed E-state index contributed by atoms with van der Waals surface area (Å²) in [6.45, 7) is 1.05. The molecule has 1 aliphatic rings. The number of ether oxygens (including phenoxy) is 3. The van der Waals surface area contributed by atoms with Crippen molar-refractivity contribution in [3.8, 4) is 11.5 Å². The van der Waals surface area contributed by atoms with Crippen molar-refractivity contribution < 1.29 is 24.4 Å². The number of rotatable bonds is 13. The highest BCUT2D eigenvalue weighted by molar-refractivity contribution is 5.43. The number of benzene rings is 2. The van der Waals surface area contributed by atoms with Crippen molar-refractivity contribution >= 4 is 0 Å². The van der Waals surface area contributed by atoms with Gasteiger partial charge < -0.3 is 24.4 Å². The third-order valence-corrected chi connectivity index (χ3v) is 5.64. The van der Waals surface area contributed by atoms with Crippen molar-refractivity contribution in [3.63, 3.8) is 0 Å². The standard InChI is InChI=1S/C24H32O5/c1-27-21-10-6-19(7-11-21)24(14-2-4-16-25,15-3-5-17-26)20-8-12-22(13-9-20)29-23-18-28-23/h6-13,23,25-26H,2-5,14-18H2,1H3. The molecule has 0 bridgehead atoms. The zero-order chi connectivity index (χ0) is 20.5. The third kappa shape index (κ3) is 5.72. The number of unbranched alkanes of at least 4 members (excludes halogenated alkanes) is 2. The summed E-state index contributed by atoms with van der Waals surface area (Å²) in [4.78, 5) is 0. The van der Waals surface area contributed by atoms with Gasteiger partial charge in [-0.15, -0.1) is 0 Å². The smallest absolute Gasteiger partial charge is 0.223 e. The van der Waals surface area contributed by atoms with E-state index in [0.29, 0.717) is 6.61 Å². The molecular weight excluding hydrogens is 368 g/mol. The fourth-order valence-corrected chi connectivity index (χ4v) is 3.97. The predicted molar refractivity (Wildman–Crippen MR) is 112 cm³/mol. The van der Waals surface area contributed by atoms with Gasteiger partial charge in [0.15, 0.2) is 0 Å². The van der Waals surface area contributed by atoms with Gasteiger partial charge in [0.05, 0.1) is 7.11 Å². The van der Waals surface area contributed by atoms with Crippen LogP contribution in [0.15, 0.2) is 48.5 Å². The summed E-state index contributed by atoms with van der Waals surface area (Å²) in [5.41, 5.74) is 2.27. The van der Waals surface area contributed by atoms with Crippen LogP contribution < -0.4 is 9.47 Å². The van der Waals surface area contributed by atoms with Gasteiger partial charge in [-0.1, -0.05) is 24.3 Å². The number of hydrogen-bond donors (Lipinski definition) is 2. The van der Waals surface area contributed by atoms with Crippen LogP contribution in [0.1, 0.15) is 49.7 Å². The number of hydrogen-bond acceptors (Lipinski definition) is 5. The molecule has 2 aromatic carbocycles. The second kappa shape index (κ2) is 10.6. The van der Waals surface area contributed by atoms with E-state index in [4.69, 9.17) is 14.2 Å². The molecule has 1 saturated heterocycles. The van der Waals surface area contributed by atoms with Crippen LogP contribution >= 0.6 is 0 Å². The lowest BCUT2D eigenvalue weighted by Crippen LogP contribution is -2.28. The maximum Gasteiger partial charge on any atom is 0.223 e. The normalized spacial score (nSPS) is 15.9. The first-order valence-corrected chi connectivity index (χ1v) is 10.5. The van der Waals surface area contributed by atoms with Crippen molar-refractivity contribution in [1.82, 2.24) is 0 Å². The Bertz CT molecular complexity index is 712. The molecule has 1 atom stereocenters. The Morgan fingerprint density at radius 3 is 1.72 bits per heavy atom. The van der Waals surface area contributed by atoms with Crippen LogP contribution in [0.3, 0.4) is 0 Å². The summed E-state index contributed by atoms with van der Waals surface area (Å²) < 4.78 is 16.2. The summed E-state index contributed by atoms with van der Waals surface area (Å²) in [6, 6.07) is 16.6. The number of aliphatic hydroxyl groups excluding tert-OH is 2. The molecule has 158 valence electrons. The second-order valence-corrected chi connectivity index (χ2v) is 7.58. The summed E-state index contributed by atoms with van der Waals surface area (Å²) >= 11 is 0. The number of aliphatic hydroxyl groups is 2. The van der Waals surface area contributed by atoms with Crippen LogP contribution in [0.5, 0.6) is 11.5 Å². The lowest BCUT2D eigenvalue weighted by atomic mass is 9.68. The molecule has 5 heteroatoms. The molecule has 2 aromatic rings. The van der Waals surface area contributed by atoms with Crippen LogP contribution in [0.25, 0.3) is 0 Å². The van der Waals surface area contributed by atoms with Gasteiger partial charge in [0.25, 0.3) is 0 Å². The minimum Gasteiger partial charge on any atom is -0.497 e. The molecule has 0 amide bonds. The average molecular weight is 401 g/mol. The Hall–Kier alpha value is -2.08. The monoisotopic (exact) mass is 400 g/mol. The van der Waals surface area contributed by atoms with Crippen molar-refractivity contribution in [2.45, 2.75) is 50.2 Å². The Kier molecular flexibility index (Phi) is 7.92. The Balaban J connectivity index is 1.94. The SMILES string of the molecule is COc1ccc(C(CCCCO)(CCCCO)c2ccc(OC3CO3)cc2)cc1. The molecule has 0 saturated carbocycles. The molecule has 0 spiro atoms. The molecule has 29 heavy (non-hydrogen) atoms. The minimum atomic E-state index is -0.189. The van der Waals surface area contributed by atoms with Crippen molar-refractivity contribution in [2.75, 3.05) is 26.9 Å². The van der Waals surface area contributed by atoms with Gasteiger partial charge in [-0.3, -0.25) is 0 Å². The summed E-state index contributed by atoms with van der Waals surface area (Å²) in [5.74, 6) is 1.65. The fourth-order valence-electron chi connectivity index (χ4n) is 3.97. The number of methoxy groups -OCH3 is 1. The average Bonchev–Trinajstić information content (AvgIpc) is 3.58. The summed E-state index contributed by atoms with van der Waals surface area (Å²) in [7, 11) is 1.67.